The normalized spacial score (nSPS) is 17.6. The molecule has 1 aliphatic rings. The Morgan fingerprint density at radius 3 is 2.62 bits per heavy atom. The van der Waals surface area contributed by atoms with E-state index in [0.717, 1.165) is 10.4 Å². The molecule has 2 rings (SSSR count). The number of carbonyl (C=O) groups excluding carboxylic acids is 2. The number of aliphatic hydroxyl groups excluding tert-OH is 1. The second-order valence-corrected chi connectivity index (χ2v) is 7.95. The van der Waals surface area contributed by atoms with Gasteiger partial charge < -0.3 is 9.84 Å². The van der Waals surface area contributed by atoms with Gasteiger partial charge in [0.15, 0.2) is 5.78 Å². The van der Waals surface area contributed by atoms with Gasteiger partial charge in [-0.1, -0.05) is 13.8 Å². The van der Waals surface area contributed by atoms with Crippen LogP contribution in [0.3, 0.4) is 0 Å². The van der Waals surface area contributed by atoms with E-state index >= 15 is 0 Å². The minimum absolute atomic E-state index is 0.0580. The monoisotopic (exact) mass is 349 g/mol. The third-order valence-corrected chi connectivity index (χ3v) is 5.17. The summed E-state index contributed by atoms with van der Waals surface area (Å²) in [6.07, 6.45) is 2.18. The highest BCUT2D eigenvalue weighted by atomic mass is 32.1. The summed E-state index contributed by atoms with van der Waals surface area (Å²) in [5.74, 6) is -0.487. The molecule has 0 bridgehead atoms. The number of aryl methyl sites for hydroxylation is 1. The molecule has 0 saturated heterocycles. The van der Waals surface area contributed by atoms with Gasteiger partial charge in [0.2, 0.25) is 0 Å². The summed E-state index contributed by atoms with van der Waals surface area (Å²) in [5.41, 5.74) is 1.25. The van der Waals surface area contributed by atoms with Gasteiger partial charge in [0.1, 0.15) is 10.8 Å². The predicted molar refractivity (Wildman–Crippen MR) is 95.6 cm³/mol. The molecule has 1 aromatic rings. The van der Waals surface area contributed by atoms with Crippen molar-refractivity contribution in [1.29, 1.82) is 0 Å². The van der Waals surface area contributed by atoms with Crippen LogP contribution in [-0.4, -0.2) is 29.7 Å². The van der Waals surface area contributed by atoms with Crippen LogP contribution in [0.2, 0.25) is 0 Å². The fourth-order valence-electron chi connectivity index (χ4n) is 2.72. The zero-order valence-electron chi connectivity index (χ0n) is 14.7. The van der Waals surface area contributed by atoms with Crippen LogP contribution in [-0.2, 0) is 9.53 Å². The minimum Gasteiger partial charge on any atom is -0.511 e. The molecule has 24 heavy (non-hydrogen) atoms. The molecule has 0 unspecified atom stereocenters. The number of rotatable bonds is 4. The van der Waals surface area contributed by atoms with Crippen LogP contribution >= 0.6 is 11.3 Å². The highest BCUT2D eigenvalue weighted by Crippen LogP contribution is 2.37. The third kappa shape index (κ3) is 3.75. The van der Waals surface area contributed by atoms with Gasteiger partial charge in [-0.2, -0.15) is 0 Å². The molecule has 0 spiro atoms. The summed E-state index contributed by atoms with van der Waals surface area (Å²) < 4.78 is 5.09. The smallest absolute Gasteiger partial charge is 0.341 e. The standard InChI is InChI=1S/C18H23NO4S/c1-6-23-17(22)15-10(2)11(3)24-16(15)19-9-12-13(20)7-18(4,5)8-14(12)21/h9,20H,6-8H2,1-5H3. The number of aliphatic imine (C=N–C) groups is 1. The van der Waals surface area contributed by atoms with E-state index in [4.69, 9.17) is 4.74 Å². The largest absolute Gasteiger partial charge is 0.511 e. The van der Waals surface area contributed by atoms with Gasteiger partial charge in [0.25, 0.3) is 0 Å². The molecular weight excluding hydrogens is 326 g/mol. The molecular formula is C18H23NO4S. The number of hydrogen-bond donors (Lipinski definition) is 1. The maximum Gasteiger partial charge on any atom is 0.341 e. The lowest BCUT2D eigenvalue weighted by Crippen LogP contribution is -2.26. The molecule has 1 N–H and O–H groups in total. The molecule has 0 fully saturated rings. The molecule has 130 valence electrons. The first kappa shape index (κ1) is 18.4. The van der Waals surface area contributed by atoms with Gasteiger partial charge in [0.05, 0.1) is 17.7 Å². The van der Waals surface area contributed by atoms with Crippen molar-refractivity contribution in [3.8, 4) is 0 Å². The third-order valence-electron chi connectivity index (χ3n) is 4.05. The van der Waals surface area contributed by atoms with E-state index in [-0.39, 0.29) is 29.1 Å². The Hall–Kier alpha value is -1.95. The maximum atomic E-state index is 12.2. The molecule has 0 atom stereocenters. The predicted octanol–water partition coefficient (Wildman–Crippen LogP) is 4.45. The Kier molecular flexibility index (Phi) is 5.28. The molecule has 0 radical (unpaired) electrons. The van der Waals surface area contributed by atoms with Crippen molar-refractivity contribution < 1.29 is 19.4 Å². The fraction of sp³-hybridized carbons (Fsp3) is 0.500. The van der Waals surface area contributed by atoms with Gasteiger partial charge >= 0.3 is 5.97 Å². The van der Waals surface area contributed by atoms with Crippen LogP contribution in [0, 0.1) is 19.3 Å². The molecule has 1 aliphatic carbocycles. The van der Waals surface area contributed by atoms with Crippen molar-refractivity contribution in [2.24, 2.45) is 10.4 Å². The Balaban J connectivity index is 2.38. The first-order chi connectivity index (χ1) is 11.2. The Labute approximate surface area is 146 Å². The number of ether oxygens (including phenoxy) is 1. The molecule has 5 nitrogen and oxygen atoms in total. The van der Waals surface area contributed by atoms with Crippen LogP contribution in [0.25, 0.3) is 0 Å². The van der Waals surface area contributed by atoms with Gasteiger partial charge in [-0.15, -0.1) is 11.3 Å². The number of thiophene rings is 1. The van der Waals surface area contributed by atoms with E-state index in [1.807, 2.05) is 27.7 Å². The lowest BCUT2D eigenvalue weighted by Gasteiger charge is -2.28. The SMILES string of the molecule is CCOC(=O)c1c(N=CC2=C(O)CC(C)(C)CC2=O)sc(C)c1C. The molecule has 0 aliphatic heterocycles. The number of ketones is 1. The summed E-state index contributed by atoms with van der Waals surface area (Å²) in [7, 11) is 0. The van der Waals surface area contributed by atoms with Crippen molar-refractivity contribution in [2.45, 2.75) is 47.5 Å². The summed E-state index contributed by atoms with van der Waals surface area (Å²) in [4.78, 5) is 29.7. The van der Waals surface area contributed by atoms with Crippen LogP contribution in [0.4, 0.5) is 5.00 Å². The summed E-state index contributed by atoms with van der Waals surface area (Å²) in [6.45, 7) is 9.69. The van der Waals surface area contributed by atoms with Crippen LogP contribution in [0.1, 0.15) is 54.4 Å². The number of esters is 1. The topological polar surface area (TPSA) is 76.0 Å². The van der Waals surface area contributed by atoms with E-state index in [2.05, 4.69) is 4.99 Å². The number of carbonyl (C=O) groups is 2. The minimum atomic E-state index is -0.416. The average Bonchev–Trinajstić information content (AvgIpc) is 2.72. The van der Waals surface area contributed by atoms with Gasteiger partial charge in [-0.3, -0.25) is 4.79 Å². The van der Waals surface area contributed by atoms with Crippen LogP contribution in [0.15, 0.2) is 16.3 Å². The highest BCUT2D eigenvalue weighted by Gasteiger charge is 2.32. The van der Waals surface area contributed by atoms with E-state index in [1.165, 1.54) is 17.6 Å². The van der Waals surface area contributed by atoms with E-state index < -0.39 is 5.97 Å². The van der Waals surface area contributed by atoms with Crippen LogP contribution in [0.5, 0.6) is 0 Å². The molecule has 6 heteroatoms. The molecule has 0 amide bonds. The number of hydrogen-bond acceptors (Lipinski definition) is 6. The van der Waals surface area contributed by atoms with E-state index in [0.29, 0.717) is 23.4 Å². The lowest BCUT2D eigenvalue weighted by atomic mass is 9.77. The average molecular weight is 349 g/mol. The quantitative estimate of drug-likeness (QED) is 0.644. The summed E-state index contributed by atoms with van der Waals surface area (Å²) in [5, 5.41) is 10.7. The zero-order chi connectivity index (χ0) is 18.1. The first-order valence-electron chi connectivity index (χ1n) is 7.92. The number of aliphatic hydroxyl groups is 1. The Bertz CT molecular complexity index is 740. The van der Waals surface area contributed by atoms with Gasteiger partial charge in [-0.05, 0) is 31.7 Å². The molecule has 1 heterocycles. The molecule has 0 saturated carbocycles. The van der Waals surface area contributed by atoms with E-state index in [1.54, 1.807) is 6.92 Å². The van der Waals surface area contributed by atoms with Crippen molar-refractivity contribution in [1.82, 2.24) is 0 Å². The highest BCUT2D eigenvalue weighted by molar-refractivity contribution is 7.16. The van der Waals surface area contributed by atoms with Crippen molar-refractivity contribution in [3.05, 3.63) is 27.3 Å². The van der Waals surface area contributed by atoms with Gasteiger partial charge in [0, 0.05) is 23.9 Å². The summed E-state index contributed by atoms with van der Waals surface area (Å²) >= 11 is 1.37. The maximum absolute atomic E-state index is 12.2. The van der Waals surface area contributed by atoms with Crippen molar-refractivity contribution >= 4 is 34.3 Å². The zero-order valence-corrected chi connectivity index (χ0v) is 15.5. The second-order valence-electron chi connectivity index (χ2n) is 6.74. The van der Waals surface area contributed by atoms with Crippen LogP contribution < -0.4 is 0 Å². The number of nitrogens with zero attached hydrogens (tertiary/aromatic N) is 1. The molecule has 1 aromatic heterocycles. The molecule has 0 aromatic carbocycles. The second kappa shape index (κ2) is 6.89. The summed E-state index contributed by atoms with van der Waals surface area (Å²) in [6, 6.07) is 0. The van der Waals surface area contributed by atoms with Crippen molar-refractivity contribution in [2.75, 3.05) is 6.61 Å². The lowest BCUT2D eigenvalue weighted by molar-refractivity contribution is -0.117. The van der Waals surface area contributed by atoms with E-state index in [9.17, 15) is 14.7 Å². The Morgan fingerprint density at radius 1 is 1.38 bits per heavy atom. The van der Waals surface area contributed by atoms with Gasteiger partial charge in [-0.25, -0.2) is 9.79 Å². The van der Waals surface area contributed by atoms with Crippen molar-refractivity contribution in [3.63, 3.8) is 0 Å². The fourth-order valence-corrected chi connectivity index (χ4v) is 3.70. The Morgan fingerprint density at radius 2 is 2.04 bits per heavy atom. The number of Topliss-reactive ketones (excluding diaryl/α,β-unsaturated/α-hetero) is 1. The first-order valence-corrected chi connectivity index (χ1v) is 8.74. The number of allylic oxidation sites excluding steroid dienone is 2.